The van der Waals surface area contributed by atoms with Gasteiger partial charge in [-0.15, -0.1) is 11.3 Å². The predicted molar refractivity (Wildman–Crippen MR) is 279 cm³/mol. The van der Waals surface area contributed by atoms with Crippen LogP contribution in [0.25, 0.3) is 99.6 Å². The van der Waals surface area contributed by atoms with Crippen LogP contribution in [0.5, 0.6) is 0 Å². The fourth-order valence-electron chi connectivity index (χ4n) is 10.5. The number of hydrogen-bond acceptors (Lipinski definition) is 7. The smallest absolute Gasteiger partial charge is 0.164 e. The van der Waals surface area contributed by atoms with Crippen LogP contribution in [0.15, 0.2) is 218 Å². The van der Waals surface area contributed by atoms with Crippen LogP contribution in [0.4, 0.5) is 0 Å². The summed E-state index contributed by atoms with van der Waals surface area (Å²) in [6, 6.07) is 77.1. The summed E-state index contributed by atoms with van der Waals surface area (Å²) in [6.07, 6.45) is 0. The van der Waals surface area contributed by atoms with Crippen LogP contribution in [0.2, 0.25) is 0 Å². The molecular formula is C62H38N6S. The molecule has 0 N–H and O–H groups in total. The van der Waals surface area contributed by atoms with Crippen LogP contribution in [0.1, 0.15) is 45.2 Å². The first-order chi connectivity index (χ1) is 34.2. The molecule has 0 spiro atoms. The van der Waals surface area contributed by atoms with Gasteiger partial charge >= 0.3 is 0 Å². The molecule has 15 rings (SSSR count). The number of aromatic nitrogens is 6. The van der Waals surface area contributed by atoms with E-state index in [-0.39, 0.29) is 11.8 Å². The van der Waals surface area contributed by atoms with Gasteiger partial charge in [-0.2, -0.15) is 0 Å². The Morgan fingerprint density at radius 2 is 0.580 bits per heavy atom. The standard InChI is InChI=1S/C62H38N6S/c1-4-14-38(15-5-1)57-63-58(39-16-6-2-7-17-39)66-61(65-57)43-29-32-49-51(34-43)55-47-21-10-11-22-48(47)56(49)52-35-44(30-33-50(52)55)62-67-59(40-18-8-3-9-19-40)64-60(68-62)41-26-24-37(25-27-41)42-28-31-46-45-20-12-13-23-53(45)69-54(46)36-42/h1-36,55-56H. The topological polar surface area (TPSA) is 77.3 Å². The molecule has 3 heterocycles. The molecule has 69 heavy (non-hydrogen) atoms. The maximum atomic E-state index is 5.23. The van der Waals surface area contributed by atoms with Crippen LogP contribution < -0.4 is 0 Å². The van der Waals surface area contributed by atoms with Crippen molar-refractivity contribution in [3.8, 4) is 79.5 Å². The summed E-state index contributed by atoms with van der Waals surface area (Å²) in [5, 5.41) is 2.61. The molecule has 0 saturated carbocycles. The minimum atomic E-state index is 0.0255. The van der Waals surface area contributed by atoms with Gasteiger partial charge in [-0.1, -0.05) is 194 Å². The number of benzene rings is 9. The zero-order valence-electron chi connectivity index (χ0n) is 37.0. The molecule has 3 aliphatic rings. The van der Waals surface area contributed by atoms with E-state index in [1.54, 1.807) is 0 Å². The Bertz CT molecular complexity index is 3910. The van der Waals surface area contributed by atoms with Crippen LogP contribution in [0.3, 0.4) is 0 Å². The Morgan fingerprint density at radius 3 is 1.07 bits per heavy atom. The van der Waals surface area contributed by atoms with Crippen LogP contribution in [-0.2, 0) is 0 Å². The molecule has 0 radical (unpaired) electrons. The summed E-state index contributed by atoms with van der Waals surface area (Å²) in [5.74, 6) is 3.93. The van der Waals surface area contributed by atoms with E-state index < -0.39 is 0 Å². The molecule has 12 aromatic rings. The second kappa shape index (κ2) is 15.9. The van der Waals surface area contributed by atoms with E-state index in [1.807, 2.05) is 90.2 Å². The van der Waals surface area contributed by atoms with Gasteiger partial charge < -0.3 is 0 Å². The molecule has 7 heteroatoms. The molecule has 0 fully saturated rings. The first-order valence-electron chi connectivity index (χ1n) is 23.2. The number of nitrogens with zero attached hydrogens (tertiary/aromatic N) is 6. The van der Waals surface area contributed by atoms with Crippen molar-refractivity contribution in [1.82, 2.24) is 29.9 Å². The Labute approximate surface area is 402 Å². The fourth-order valence-corrected chi connectivity index (χ4v) is 11.6. The number of thiophene rings is 1. The Balaban J connectivity index is 0.852. The Hall–Kier alpha value is -8.78. The molecule has 9 aromatic carbocycles. The number of fused-ring (bicyclic) bond motifs is 3. The molecule has 2 unspecified atom stereocenters. The van der Waals surface area contributed by atoms with Gasteiger partial charge in [0.2, 0.25) is 0 Å². The first-order valence-corrected chi connectivity index (χ1v) is 24.1. The van der Waals surface area contributed by atoms with Gasteiger partial charge in [-0.3, -0.25) is 0 Å². The van der Waals surface area contributed by atoms with Gasteiger partial charge in [0.1, 0.15) is 0 Å². The highest BCUT2D eigenvalue weighted by Crippen LogP contribution is 2.56. The van der Waals surface area contributed by atoms with Crippen molar-refractivity contribution in [1.29, 1.82) is 0 Å². The molecule has 6 nitrogen and oxygen atoms in total. The zero-order chi connectivity index (χ0) is 45.4. The van der Waals surface area contributed by atoms with Gasteiger partial charge in [0.05, 0.1) is 0 Å². The highest BCUT2D eigenvalue weighted by atomic mass is 32.1. The average molecular weight is 899 g/mol. The highest BCUT2D eigenvalue weighted by Gasteiger charge is 2.41. The normalized spacial score (nSPS) is 14.4. The van der Waals surface area contributed by atoms with Crippen molar-refractivity contribution in [2.45, 2.75) is 11.8 Å². The molecule has 3 aliphatic carbocycles. The van der Waals surface area contributed by atoms with E-state index in [2.05, 4.69) is 140 Å². The molecule has 3 aromatic heterocycles. The Morgan fingerprint density at radius 1 is 0.232 bits per heavy atom. The third-order valence-electron chi connectivity index (χ3n) is 13.8. The summed E-state index contributed by atoms with van der Waals surface area (Å²) in [6.45, 7) is 0. The molecule has 0 aliphatic heterocycles. The molecule has 2 bridgehead atoms. The first kappa shape index (κ1) is 39.4. The lowest BCUT2D eigenvalue weighted by Crippen LogP contribution is -2.27. The minimum absolute atomic E-state index is 0.0255. The van der Waals surface area contributed by atoms with Crippen molar-refractivity contribution >= 4 is 31.5 Å². The number of rotatable bonds is 7. The monoisotopic (exact) mass is 898 g/mol. The summed E-state index contributed by atoms with van der Waals surface area (Å²) >= 11 is 1.84. The van der Waals surface area contributed by atoms with Gasteiger partial charge in [0.25, 0.3) is 0 Å². The number of hydrogen-bond donors (Lipinski definition) is 0. The zero-order valence-corrected chi connectivity index (χ0v) is 37.8. The summed E-state index contributed by atoms with van der Waals surface area (Å²) in [7, 11) is 0. The van der Waals surface area contributed by atoms with Gasteiger partial charge in [-0.25, -0.2) is 29.9 Å². The van der Waals surface area contributed by atoms with E-state index in [0.717, 1.165) is 38.9 Å². The van der Waals surface area contributed by atoms with Gasteiger partial charge in [0.15, 0.2) is 34.9 Å². The lowest BCUT2D eigenvalue weighted by Gasteiger charge is -2.42. The molecule has 0 saturated heterocycles. The Kier molecular flexibility index (Phi) is 9.10. The summed E-state index contributed by atoms with van der Waals surface area (Å²) < 4.78 is 2.60. The predicted octanol–water partition coefficient (Wildman–Crippen LogP) is 15.1. The minimum Gasteiger partial charge on any atom is -0.208 e. The molecule has 0 amide bonds. The summed E-state index contributed by atoms with van der Waals surface area (Å²) in [4.78, 5) is 30.6. The molecular weight excluding hydrogens is 861 g/mol. The van der Waals surface area contributed by atoms with Crippen LogP contribution in [-0.4, -0.2) is 29.9 Å². The van der Waals surface area contributed by atoms with E-state index in [4.69, 9.17) is 29.9 Å². The molecule has 322 valence electrons. The summed E-state index contributed by atoms with van der Waals surface area (Å²) in [5.41, 5.74) is 15.8. The fraction of sp³-hybridized carbons (Fsp3) is 0.0323. The van der Waals surface area contributed by atoms with Crippen molar-refractivity contribution < 1.29 is 0 Å². The van der Waals surface area contributed by atoms with Crippen molar-refractivity contribution in [3.63, 3.8) is 0 Å². The highest BCUT2D eigenvalue weighted by molar-refractivity contribution is 7.25. The van der Waals surface area contributed by atoms with Crippen LogP contribution in [0, 0.1) is 0 Å². The van der Waals surface area contributed by atoms with Gasteiger partial charge in [-0.05, 0) is 68.8 Å². The van der Waals surface area contributed by atoms with E-state index in [9.17, 15) is 0 Å². The van der Waals surface area contributed by atoms with Crippen molar-refractivity contribution in [2.75, 3.05) is 0 Å². The third-order valence-corrected chi connectivity index (χ3v) is 14.9. The quantitative estimate of drug-likeness (QED) is 0.159. The van der Waals surface area contributed by atoms with E-state index in [1.165, 1.54) is 59.1 Å². The lowest BCUT2D eigenvalue weighted by molar-refractivity contribution is 0.754. The second-order valence-electron chi connectivity index (χ2n) is 17.8. The maximum Gasteiger partial charge on any atom is 0.164 e. The van der Waals surface area contributed by atoms with E-state index >= 15 is 0 Å². The maximum absolute atomic E-state index is 5.23. The second-order valence-corrected chi connectivity index (χ2v) is 18.9. The average Bonchev–Trinajstić information content (AvgIpc) is 3.81. The van der Waals surface area contributed by atoms with E-state index in [0.29, 0.717) is 34.9 Å². The largest absolute Gasteiger partial charge is 0.208 e. The van der Waals surface area contributed by atoms with Crippen molar-refractivity contribution in [2.24, 2.45) is 0 Å². The SMILES string of the molecule is c1ccc(-c2nc(-c3ccccc3)nc(-c3ccc4c(c3)C3c5ccccc5C4c4cc(-c5nc(-c6ccccc6)nc(-c6ccc(-c7ccc8c(c7)sc7ccccc78)cc6)n5)ccc43)n2)cc1. The third kappa shape index (κ3) is 6.69. The lowest BCUT2D eigenvalue weighted by atomic mass is 9.61. The van der Waals surface area contributed by atoms with Gasteiger partial charge in [0, 0.05) is 65.4 Å². The molecule has 2 atom stereocenters. The van der Waals surface area contributed by atoms with Crippen molar-refractivity contribution in [3.05, 3.63) is 252 Å². The van der Waals surface area contributed by atoms with Crippen LogP contribution >= 0.6 is 11.3 Å².